The molecule has 0 aromatic heterocycles. The highest BCUT2D eigenvalue weighted by atomic mass is 16.3. The van der Waals surface area contributed by atoms with Gasteiger partial charge in [0, 0.05) is 5.69 Å². The number of amides is 2. The third-order valence-corrected chi connectivity index (χ3v) is 2.63. The molecule has 0 aliphatic carbocycles. The second kappa shape index (κ2) is 6.25. The monoisotopic (exact) mass is 236 g/mol. The van der Waals surface area contributed by atoms with Gasteiger partial charge in [0.25, 0.3) is 0 Å². The number of hydrogen-bond acceptors (Lipinski definition) is 2. The molecule has 2 amide bonds. The minimum absolute atomic E-state index is 0.0566. The molecule has 0 saturated heterocycles. The lowest BCUT2D eigenvalue weighted by Crippen LogP contribution is -2.43. The van der Waals surface area contributed by atoms with Crippen LogP contribution in [0.25, 0.3) is 0 Å². The first-order valence-corrected chi connectivity index (χ1v) is 5.78. The van der Waals surface area contributed by atoms with Gasteiger partial charge in [-0.25, -0.2) is 4.79 Å². The maximum absolute atomic E-state index is 11.6. The van der Waals surface area contributed by atoms with Crippen LogP contribution in [0.1, 0.15) is 19.4 Å². The van der Waals surface area contributed by atoms with Crippen LogP contribution in [-0.4, -0.2) is 23.8 Å². The quantitative estimate of drug-likeness (QED) is 0.750. The molecular formula is C13H20N2O2. The van der Waals surface area contributed by atoms with Gasteiger partial charge in [0.05, 0.1) is 12.6 Å². The van der Waals surface area contributed by atoms with E-state index in [1.807, 2.05) is 45.0 Å². The fourth-order valence-corrected chi connectivity index (χ4v) is 1.40. The van der Waals surface area contributed by atoms with Crippen molar-refractivity contribution < 1.29 is 9.90 Å². The van der Waals surface area contributed by atoms with Crippen LogP contribution in [0.2, 0.25) is 0 Å². The number of anilines is 1. The summed E-state index contributed by atoms with van der Waals surface area (Å²) >= 11 is 0. The van der Waals surface area contributed by atoms with Gasteiger partial charge < -0.3 is 15.7 Å². The lowest BCUT2D eigenvalue weighted by molar-refractivity contribution is 0.204. The summed E-state index contributed by atoms with van der Waals surface area (Å²) in [6.07, 6.45) is 0. The van der Waals surface area contributed by atoms with Gasteiger partial charge in [0.15, 0.2) is 0 Å². The summed E-state index contributed by atoms with van der Waals surface area (Å²) in [6, 6.07) is 7.04. The molecule has 0 aliphatic rings. The zero-order valence-corrected chi connectivity index (χ0v) is 10.5. The maximum Gasteiger partial charge on any atom is 0.319 e. The fourth-order valence-electron chi connectivity index (χ4n) is 1.40. The average Bonchev–Trinajstić information content (AvgIpc) is 2.28. The second-order valence-electron chi connectivity index (χ2n) is 4.50. The molecule has 0 fully saturated rings. The summed E-state index contributed by atoms with van der Waals surface area (Å²) in [6.45, 7) is 5.84. The highest BCUT2D eigenvalue weighted by Gasteiger charge is 2.14. The number of urea groups is 1. The summed E-state index contributed by atoms with van der Waals surface area (Å²) in [5, 5.41) is 14.6. The Morgan fingerprint density at radius 1 is 1.29 bits per heavy atom. The number of rotatable bonds is 4. The molecule has 0 aliphatic heterocycles. The van der Waals surface area contributed by atoms with E-state index in [1.54, 1.807) is 0 Å². The minimum Gasteiger partial charge on any atom is -0.394 e. The second-order valence-corrected chi connectivity index (χ2v) is 4.50. The van der Waals surface area contributed by atoms with Crippen LogP contribution in [-0.2, 0) is 0 Å². The standard InChI is InChI=1S/C13H20N2O2/c1-9(2)12(8-16)15-13(17)14-11-6-4-10(3)5-7-11/h4-7,9,12,16H,8H2,1-3H3,(H2,14,15,17)/t12-/m1/s1. The molecule has 0 unspecified atom stereocenters. The predicted molar refractivity (Wildman–Crippen MR) is 69.0 cm³/mol. The smallest absolute Gasteiger partial charge is 0.319 e. The lowest BCUT2D eigenvalue weighted by atomic mass is 10.1. The normalized spacial score (nSPS) is 12.3. The summed E-state index contributed by atoms with van der Waals surface area (Å²) in [4.78, 5) is 11.6. The Hall–Kier alpha value is -1.55. The molecule has 1 atom stereocenters. The van der Waals surface area contributed by atoms with E-state index in [0.29, 0.717) is 0 Å². The van der Waals surface area contributed by atoms with Crippen molar-refractivity contribution in [1.29, 1.82) is 0 Å². The van der Waals surface area contributed by atoms with Crippen LogP contribution >= 0.6 is 0 Å². The fraction of sp³-hybridized carbons (Fsp3) is 0.462. The van der Waals surface area contributed by atoms with E-state index in [0.717, 1.165) is 11.3 Å². The van der Waals surface area contributed by atoms with Gasteiger partial charge in [-0.15, -0.1) is 0 Å². The summed E-state index contributed by atoms with van der Waals surface area (Å²) in [5.74, 6) is 0.198. The molecule has 1 aromatic rings. The van der Waals surface area contributed by atoms with Gasteiger partial charge >= 0.3 is 6.03 Å². The highest BCUT2D eigenvalue weighted by Crippen LogP contribution is 2.08. The molecule has 1 aromatic carbocycles. The van der Waals surface area contributed by atoms with Crippen molar-refractivity contribution in [2.45, 2.75) is 26.8 Å². The molecule has 0 saturated carbocycles. The molecule has 0 heterocycles. The Labute approximate surface area is 102 Å². The van der Waals surface area contributed by atoms with Crippen molar-refractivity contribution >= 4 is 11.7 Å². The van der Waals surface area contributed by atoms with Crippen LogP contribution in [0.4, 0.5) is 10.5 Å². The molecule has 94 valence electrons. The Bertz CT molecular complexity index is 360. The highest BCUT2D eigenvalue weighted by molar-refractivity contribution is 5.89. The predicted octanol–water partition coefficient (Wildman–Crippen LogP) is 2.13. The average molecular weight is 236 g/mol. The van der Waals surface area contributed by atoms with Gasteiger partial charge in [0.1, 0.15) is 0 Å². The van der Waals surface area contributed by atoms with Crippen molar-refractivity contribution in [1.82, 2.24) is 5.32 Å². The molecular weight excluding hydrogens is 216 g/mol. The molecule has 4 heteroatoms. The molecule has 17 heavy (non-hydrogen) atoms. The molecule has 0 radical (unpaired) electrons. The van der Waals surface area contributed by atoms with Crippen LogP contribution < -0.4 is 10.6 Å². The Morgan fingerprint density at radius 3 is 2.35 bits per heavy atom. The summed E-state index contributed by atoms with van der Waals surface area (Å²) in [5.41, 5.74) is 1.89. The Kier molecular flexibility index (Phi) is 4.97. The SMILES string of the molecule is Cc1ccc(NC(=O)N[C@H](CO)C(C)C)cc1. The van der Waals surface area contributed by atoms with E-state index in [9.17, 15) is 4.79 Å². The largest absolute Gasteiger partial charge is 0.394 e. The van der Waals surface area contributed by atoms with Crippen molar-refractivity contribution in [3.05, 3.63) is 29.8 Å². The third-order valence-electron chi connectivity index (χ3n) is 2.63. The van der Waals surface area contributed by atoms with Gasteiger partial charge in [-0.05, 0) is 25.0 Å². The Morgan fingerprint density at radius 2 is 1.88 bits per heavy atom. The van der Waals surface area contributed by atoms with E-state index >= 15 is 0 Å². The zero-order chi connectivity index (χ0) is 12.8. The number of carbonyl (C=O) groups is 1. The molecule has 1 rings (SSSR count). The van der Waals surface area contributed by atoms with Crippen LogP contribution in [0, 0.1) is 12.8 Å². The summed E-state index contributed by atoms with van der Waals surface area (Å²) < 4.78 is 0. The van der Waals surface area contributed by atoms with Crippen molar-refractivity contribution in [2.75, 3.05) is 11.9 Å². The van der Waals surface area contributed by atoms with Gasteiger partial charge in [-0.1, -0.05) is 31.5 Å². The maximum atomic E-state index is 11.6. The number of aliphatic hydroxyl groups is 1. The number of aliphatic hydroxyl groups excluding tert-OH is 1. The third kappa shape index (κ3) is 4.44. The van der Waals surface area contributed by atoms with E-state index in [1.165, 1.54) is 0 Å². The number of hydrogen-bond donors (Lipinski definition) is 3. The van der Waals surface area contributed by atoms with E-state index in [4.69, 9.17) is 5.11 Å². The van der Waals surface area contributed by atoms with Gasteiger partial charge in [-0.2, -0.15) is 0 Å². The van der Waals surface area contributed by atoms with Crippen molar-refractivity contribution in [2.24, 2.45) is 5.92 Å². The zero-order valence-electron chi connectivity index (χ0n) is 10.5. The van der Waals surface area contributed by atoms with Crippen LogP contribution in [0.15, 0.2) is 24.3 Å². The van der Waals surface area contributed by atoms with Gasteiger partial charge in [-0.3, -0.25) is 0 Å². The minimum atomic E-state index is -0.290. The molecule has 3 N–H and O–H groups in total. The number of benzene rings is 1. The lowest BCUT2D eigenvalue weighted by Gasteiger charge is -2.20. The summed E-state index contributed by atoms with van der Waals surface area (Å²) in [7, 11) is 0. The molecule has 0 spiro atoms. The first kappa shape index (κ1) is 13.5. The van der Waals surface area contributed by atoms with E-state index in [2.05, 4.69) is 10.6 Å². The van der Waals surface area contributed by atoms with Gasteiger partial charge in [0.2, 0.25) is 0 Å². The van der Waals surface area contributed by atoms with E-state index in [-0.39, 0.29) is 24.6 Å². The first-order chi connectivity index (χ1) is 8.02. The van der Waals surface area contributed by atoms with Crippen LogP contribution in [0.3, 0.4) is 0 Å². The van der Waals surface area contributed by atoms with E-state index < -0.39 is 0 Å². The Balaban J connectivity index is 2.52. The topological polar surface area (TPSA) is 61.4 Å². The van der Waals surface area contributed by atoms with Crippen LogP contribution in [0.5, 0.6) is 0 Å². The van der Waals surface area contributed by atoms with Crippen molar-refractivity contribution in [3.63, 3.8) is 0 Å². The molecule has 0 bridgehead atoms. The first-order valence-electron chi connectivity index (χ1n) is 5.78. The van der Waals surface area contributed by atoms with Crippen molar-refractivity contribution in [3.8, 4) is 0 Å². The number of aryl methyl sites for hydroxylation is 1. The molecule has 4 nitrogen and oxygen atoms in total. The number of nitrogens with one attached hydrogen (secondary N) is 2. The number of carbonyl (C=O) groups excluding carboxylic acids is 1.